The zero-order valence-corrected chi connectivity index (χ0v) is 15.4. The van der Waals surface area contributed by atoms with Gasteiger partial charge >= 0.3 is 5.76 Å². The molecular formula is C21H21N3O3. The molecule has 0 aliphatic rings. The van der Waals surface area contributed by atoms with Crippen LogP contribution in [0.5, 0.6) is 0 Å². The Bertz CT molecular complexity index is 1040. The number of carbonyl (C=O) groups is 1. The lowest BCUT2D eigenvalue weighted by Gasteiger charge is -2.27. The van der Waals surface area contributed by atoms with Gasteiger partial charge in [0.1, 0.15) is 0 Å². The molecule has 0 aliphatic heterocycles. The molecule has 0 unspecified atom stereocenters. The molecule has 3 rings (SSSR count). The Kier molecular flexibility index (Phi) is 5.41. The van der Waals surface area contributed by atoms with Gasteiger partial charge in [0.25, 0.3) is 0 Å². The zero-order valence-electron chi connectivity index (χ0n) is 15.4. The van der Waals surface area contributed by atoms with Crippen LogP contribution in [0, 0.1) is 11.3 Å². The molecule has 1 heterocycles. The number of oxazole rings is 1. The zero-order chi connectivity index (χ0) is 19.4. The number of aromatic nitrogens is 1. The van der Waals surface area contributed by atoms with E-state index in [-0.39, 0.29) is 24.9 Å². The van der Waals surface area contributed by atoms with Crippen molar-refractivity contribution in [3.8, 4) is 6.07 Å². The maximum atomic E-state index is 12.8. The lowest BCUT2D eigenvalue weighted by atomic mass is 10.1. The smallest absolute Gasteiger partial charge is 0.408 e. The normalized spacial score (nSPS) is 10.9. The van der Waals surface area contributed by atoms with Crippen LogP contribution in [0.3, 0.4) is 0 Å². The first kappa shape index (κ1) is 18.5. The van der Waals surface area contributed by atoms with Gasteiger partial charge in [-0.25, -0.2) is 4.79 Å². The summed E-state index contributed by atoms with van der Waals surface area (Å²) in [7, 11) is 0. The van der Waals surface area contributed by atoms with E-state index in [2.05, 4.69) is 6.07 Å². The highest BCUT2D eigenvalue weighted by Crippen LogP contribution is 2.14. The molecule has 0 saturated heterocycles. The Balaban J connectivity index is 1.72. The maximum absolute atomic E-state index is 12.8. The van der Waals surface area contributed by atoms with E-state index in [0.29, 0.717) is 23.2 Å². The van der Waals surface area contributed by atoms with Crippen molar-refractivity contribution in [2.24, 2.45) is 0 Å². The molecule has 6 nitrogen and oxygen atoms in total. The molecule has 0 aliphatic carbocycles. The van der Waals surface area contributed by atoms with Crippen molar-refractivity contribution in [1.29, 1.82) is 5.26 Å². The van der Waals surface area contributed by atoms with Crippen molar-refractivity contribution in [2.45, 2.75) is 39.4 Å². The minimum atomic E-state index is -0.452. The van der Waals surface area contributed by atoms with Crippen molar-refractivity contribution < 1.29 is 9.21 Å². The number of nitriles is 1. The third kappa shape index (κ3) is 4.09. The average molecular weight is 363 g/mol. The van der Waals surface area contributed by atoms with Crippen molar-refractivity contribution in [1.82, 2.24) is 9.47 Å². The molecule has 1 aromatic heterocycles. The monoisotopic (exact) mass is 363 g/mol. The van der Waals surface area contributed by atoms with Crippen molar-refractivity contribution >= 4 is 17.0 Å². The molecule has 1 amide bonds. The van der Waals surface area contributed by atoms with Gasteiger partial charge < -0.3 is 9.32 Å². The third-order valence-corrected chi connectivity index (χ3v) is 4.50. The molecule has 0 bridgehead atoms. The van der Waals surface area contributed by atoms with Gasteiger partial charge in [-0.1, -0.05) is 24.3 Å². The van der Waals surface area contributed by atoms with Gasteiger partial charge in [0.05, 0.1) is 17.1 Å². The van der Waals surface area contributed by atoms with Crippen molar-refractivity contribution in [3.63, 3.8) is 0 Å². The second kappa shape index (κ2) is 7.92. The molecule has 0 fully saturated rings. The molecule has 0 N–H and O–H groups in total. The van der Waals surface area contributed by atoms with Crippen molar-refractivity contribution in [3.05, 3.63) is 70.2 Å². The molecule has 3 aromatic rings. The Morgan fingerprint density at radius 2 is 1.89 bits per heavy atom. The Labute approximate surface area is 157 Å². The number of rotatable bonds is 6. The Hall–Kier alpha value is -3.33. The van der Waals surface area contributed by atoms with Gasteiger partial charge in [0.15, 0.2) is 5.58 Å². The first-order valence-electron chi connectivity index (χ1n) is 8.86. The quantitative estimate of drug-likeness (QED) is 0.673. The van der Waals surface area contributed by atoms with E-state index < -0.39 is 5.76 Å². The first-order chi connectivity index (χ1) is 13.0. The van der Waals surface area contributed by atoms with E-state index >= 15 is 0 Å². The van der Waals surface area contributed by atoms with E-state index in [1.54, 1.807) is 29.2 Å². The maximum Gasteiger partial charge on any atom is 0.419 e. The summed E-state index contributed by atoms with van der Waals surface area (Å²) < 4.78 is 6.71. The van der Waals surface area contributed by atoms with Crippen LogP contribution >= 0.6 is 0 Å². The van der Waals surface area contributed by atoms with E-state index in [9.17, 15) is 9.59 Å². The summed E-state index contributed by atoms with van der Waals surface area (Å²) in [6.07, 6.45) is 0.206. The van der Waals surface area contributed by atoms with Gasteiger partial charge in [-0.3, -0.25) is 9.36 Å². The van der Waals surface area contributed by atoms with Crippen molar-refractivity contribution in [2.75, 3.05) is 0 Å². The summed E-state index contributed by atoms with van der Waals surface area (Å²) in [5.41, 5.74) is 2.76. The summed E-state index contributed by atoms with van der Waals surface area (Å²) in [4.78, 5) is 26.6. The molecule has 0 saturated carbocycles. The summed E-state index contributed by atoms with van der Waals surface area (Å²) >= 11 is 0. The van der Waals surface area contributed by atoms with Gasteiger partial charge in [-0.15, -0.1) is 0 Å². The van der Waals surface area contributed by atoms with Crippen LogP contribution in [-0.2, 0) is 17.9 Å². The van der Waals surface area contributed by atoms with E-state index in [1.165, 1.54) is 4.57 Å². The minimum absolute atomic E-state index is 0.0194. The number of hydrogen-bond acceptors (Lipinski definition) is 4. The standard InChI is InChI=1S/C21H21N3O3/c1-15(2)24(14-17-9-7-16(13-22)8-10-17)20(25)11-12-23-18-5-3-4-6-19(18)27-21(23)26/h3-10,15H,11-12,14H2,1-2H3. The largest absolute Gasteiger partial charge is 0.419 e. The first-order valence-corrected chi connectivity index (χ1v) is 8.86. The van der Waals surface area contributed by atoms with Gasteiger partial charge in [-0.05, 0) is 43.7 Å². The molecule has 6 heteroatoms. The van der Waals surface area contributed by atoms with Crippen LogP contribution in [0.25, 0.3) is 11.1 Å². The van der Waals surface area contributed by atoms with Crippen LogP contribution in [-0.4, -0.2) is 21.4 Å². The fraction of sp³-hybridized carbons (Fsp3) is 0.286. The number of hydrogen-bond donors (Lipinski definition) is 0. The molecule has 27 heavy (non-hydrogen) atoms. The average Bonchev–Trinajstić information content (AvgIpc) is 2.99. The summed E-state index contributed by atoms with van der Waals surface area (Å²) in [5, 5.41) is 8.89. The fourth-order valence-corrected chi connectivity index (χ4v) is 3.02. The molecule has 2 aromatic carbocycles. The highest BCUT2D eigenvalue weighted by atomic mass is 16.4. The number of amides is 1. The summed E-state index contributed by atoms with van der Waals surface area (Å²) in [6, 6.07) is 16.5. The predicted molar refractivity (Wildman–Crippen MR) is 102 cm³/mol. The second-order valence-electron chi connectivity index (χ2n) is 6.66. The van der Waals surface area contributed by atoms with Crippen LogP contribution in [0.2, 0.25) is 0 Å². The lowest BCUT2D eigenvalue weighted by Crippen LogP contribution is -2.37. The number of carbonyl (C=O) groups excluding carboxylic acids is 1. The van der Waals surface area contributed by atoms with Gasteiger partial charge in [-0.2, -0.15) is 5.26 Å². The van der Waals surface area contributed by atoms with E-state index in [0.717, 1.165) is 5.56 Å². The summed E-state index contributed by atoms with van der Waals surface area (Å²) in [5.74, 6) is -0.487. The number of benzene rings is 2. The van der Waals surface area contributed by atoms with Crippen LogP contribution in [0.4, 0.5) is 0 Å². The van der Waals surface area contributed by atoms with E-state index in [1.807, 2.05) is 38.1 Å². The molecular weight excluding hydrogens is 342 g/mol. The molecule has 138 valence electrons. The molecule has 0 atom stereocenters. The number of fused-ring (bicyclic) bond motifs is 1. The van der Waals surface area contributed by atoms with Gasteiger partial charge in [0, 0.05) is 25.6 Å². The predicted octanol–water partition coefficient (Wildman–Crippen LogP) is 3.29. The highest BCUT2D eigenvalue weighted by molar-refractivity contribution is 5.77. The number of para-hydroxylation sites is 2. The SMILES string of the molecule is CC(C)N(Cc1ccc(C#N)cc1)C(=O)CCn1c(=O)oc2ccccc21. The van der Waals surface area contributed by atoms with Gasteiger partial charge in [0.2, 0.25) is 5.91 Å². The minimum Gasteiger partial charge on any atom is -0.408 e. The fourth-order valence-electron chi connectivity index (χ4n) is 3.02. The molecule has 0 radical (unpaired) electrons. The third-order valence-electron chi connectivity index (χ3n) is 4.50. The second-order valence-corrected chi connectivity index (χ2v) is 6.66. The van der Waals surface area contributed by atoms with Crippen LogP contribution in [0.15, 0.2) is 57.7 Å². The Morgan fingerprint density at radius 3 is 2.56 bits per heavy atom. The molecule has 0 spiro atoms. The topological polar surface area (TPSA) is 79.2 Å². The Morgan fingerprint density at radius 1 is 1.19 bits per heavy atom. The lowest BCUT2D eigenvalue weighted by molar-refractivity contribution is -0.133. The van der Waals surface area contributed by atoms with Crippen LogP contribution in [0.1, 0.15) is 31.4 Å². The number of nitrogens with zero attached hydrogens (tertiary/aromatic N) is 3. The van der Waals surface area contributed by atoms with E-state index in [4.69, 9.17) is 9.68 Å². The highest BCUT2D eigenvalue weighted by Gasteiger charge is 2.18. The van der Waals surface area contributed by atoms with Crippen LogP contribution < -0.4 is 5.76 Å². The summed E-state index contributed by atoms with van der Waals surface area (Å²) in [6.45, 7) is 4.65. The number of aryl methyl sites for hydroxylation is 1.